The van der Waals surface area contributed by atoms with E-state index in [2.05, 4.69) is 51.3 Å². The Morgan fingerprint density at radius 2 is 1.64 bits per heavy atom. The molecule has 6 nitrogen and oxygen atoms in total. The van der Waals surface area contributed by atoms with Gasteiger partial charge in [0.2, 0.25) is 0 Å². The van der Waals surface area contributed by atoms with Gasteiger partial charge in [-0.15, -0.1) is 0 Å². The van der Waals surface area contributed by atoms with Crippen molar-refractivity contribution in [2.75, 3.05) is 48.1 Å². The standard InChI is InChI=1S/C29H39BrN2O4/c1-6-17-16-32-10-8-18-13-25(33-2)26(34-3)14-21(18)24(32)12-19(17)11-23-22-15-27(35-4)29(36-5)28(30)20(22)7-9-31-23/h13-15,17,19,23-24,31H,6-12,16H2,1-5H3/t17-,19-,23+,24-/m0/s1. The van der Waals surface area contributed by atoms with E-state index >= 15 is 0 Å². The number of fused-ring (bicyclic) bond motifs is 4. The summed E-state index contributed by atoms with van der Waals surface area (Å²) in [6, 6.07) is 7.36. The van der Waals surface area contributed by atoms with Crippen LogP contribution in [0.15, 0.2) is 22.7 Å². The zero-order valence-corrected chi connectivity index (χ0v) is 23.7. The molecule has 3 heterocycles. The number of nitrogens with one attached hydrogen (secondary N) is 1. The van der Waals surface area contributed by atoms with E-state index in [4.69, 9.17) is 18.9 Å². The van der Waals surface area contributed by atoms with Crippen LogP contribution in [-0.2, 0) is 12.8 Å². The van der Waals surface area contributed by atoms with Gasteiger partial charge >= 0.3 is 0 Å². The average molecular weight is 560 g/mol. The first kappa shape index (κ1) is 25.7. The van der Waals surface area contributed by atoms with Gasteiger partial charge in [0.05, 0.1) is 32.9 Å². The van der Waals surface area contributed by atoms with E-state index in [1.165, 1.54) is 35.1 Å². The molecule has 4 atom stereocenters. The fraction of sp³-hybridized carbons (Fsp3) is 0.586. The molecule has 0 unspecified atom stereocenters. The molecule has 196 valence electrons. The number of ether oxygens (including phenoxy) is 4. The fourth-order valence-electron chi connectivity index (χ4n) is 6.82. The van der Waals surface area contributed by atoms with Crippen molar-refractivity contribution in [2.24, 2.45) is 11.8 Å². The summed E-state index contributed by atoms with van der Waals surface area (Å²) in [4.78, 5) is 2.71. The highest BCUT2D eigenvalue weighted by Gasteiger charge is 2.40. The van der Waals surface area contributed by atoms with Crippen LogP contribution < -0.4 is 24.3 Å². The quantitative estimate of drug-likeness (QED) is 0.470. The van der Waals surface area contributed by atoms with Crippen LogP contribution in [0, 0.1) is 11.8 Å². The van der Waals surface area contributed by atoms with Crippen LogP contribution in [0.25, 0.3) is 0 Å². The molecule has 5 rings (SSSR count). The van der Waals surface area contributed by atoms with E-state index in [9.17, 15) is 0 Å². The van der Waals surface area contributed by atoms with Crippen molar-refractivity contribution in [3.63, 3.8) is 0 Å². The Bertz CT molecular complexity index is 1110. The molecule has 0 aromatic heterocycles. The van der Waals surface area contributed by atoms with Crippen molar-refractivity contribution in [3.8, 4) is 23.0 Å². The smallest absolute Gasteiger partial charge is 0.175 e. The number of hydrogen-bond donors (Lipinski definition) is 1. The van der Waals surface area contributed by atoms with E-state index in [1.54, 1.807) is 28.4 Å². The molecule has 3 aliphatic heterocycles. The van der Waals surface area contributed by atoms with Gasteiger partial charge in [-0.05, 0) is 100 Å². The molecule has 3 aliphatic rings. The van der Waals surface area contributed by atoms with Crippen molar-refractivity contribution < 1.29 is 18.9 Å². The molecule has 1 N–H and O–H groups in total. The second-order valence-corrected chi connectivity index (χ2v) is 11.1. The molecule has 2 aromatic rings. The van der Waals surface area contributed by atoms with Crippen LogP contribution >= 0.6 is 15.9 Å². The number of nitrogens with zero attached hydrogens (tertiary/aromatic N) is 1. The van der Waals surface area contributed by atoms with Crippen LogP contribution in [0.4, 0.5) is 0 Å². The first-order valence-electron chi connectivity index (χ1n) is 13.2. The number of halogens is 1. The maximum Gasteiger partial charge on any atom is 0.175 e. The minimum atomic E-state index is 0.309. The zero-order valence-electron chi connectivity index (χ0n) is 22.2. The van der Waals surface area contributed by atoms with Crippen LogP contribution in [-0.4, -0.2) is 53.0 Å². The molecule has 0 bridgehead atoms. The lowest BCUT2D eigenvalue weighted by Gasteiger charge is -2.48. The molecule has 0 saturated carbocycles. The summed E-state index contributed by atoms with van der Waals surface area (Å²) in [5.41, 5.74) is 5.52. The lowest BCUT2D eigenvalue weighted by molar-refractivity contribution is 0.0434. The largest absolute Gasteiger partial charge is 0.493 e. The van der Waals surface area contributed by atoms with Crippen LogP contribution in [0.1, 0.15) is 60.5 Å². The summed E-state index contributed by atoms with van der Waals surface area (Å²) in [6.07, 6.45) is 5.56. The molecule has 0 amide bonds. The maximum absolute atomic E-state index is 5.70. The normalized spacial score (nSPS) is 25.4. The van der Waals surface area contributed by atoms with Gasteiger partial charge in [-0.2, -0.15) is 0 Å². The summed E-state index contributed by atoms with van der Waals surface area (Å²) < 4.78 is 23.7. The Morgan fingerprint density at radius 1 is 0.917 bits per heavy atom. The molecule has 0 aliphatic carbocycles. The Hall–Kier alpha value is -1.96. The van der Waals surface area contributed by atoms with Gasteiger partial charge in [0, 0.05) is 25.2 Å². The first-order chi connectivity index (χ1) is 17.5. The minimum Gasteiger partial charge on any atom is -0.493 e. The number of hydrogen-bond acceptors (Lipinski definition) is 6. The highest BCUT2D eigenvalue weighted by molar-refractivity contribution is 9.10. The Balaban J connectivity index is 1.45. The van der Waals surface area contributed by atoms with Crippen molar-refractivity contribution >= 4 is 15.9 Å². The molecule has 2 aromatic carbocycles. The van der Waals surface area contributed by atoms with Crippen molar-refractivity contribution in [1.82, 2.24) is 10.2 Å². The minimum absolute atomic E-state index is 0.309. The van der Waals surface area contributed by atoms with E-state index in [0.717, 1.165) is 66.4 Å². The third-order valence-electron chi connectivity index (χ3n) is 8.73. The van der Waals surface area contributed by atoms with Gasteiger partial charge < -0.3 is 24.3 Å². The third kappa shape index (κ3) is 4.48. The van der Waals surface area contributed by atoms with Gasteiger partial charge in [0.1, 0.15) is 0 Å². The van der Waals surface area contributed by atoms with Gasteiger partial charge in [-0.1, -0.05) is 13.3 Å². The molecular formula is C29H39BrN2O4. The number of methoxy groups -OCH3 is 4. The molecule has 0 spiro atoms. The van der Waals surface area contributed by atoms with Crippen molar-refractivity contribution in [2.45, 2.75) is 51.1 Å². The molecule has 36 heavy (non-hydrogen) atoms. The Labute approximate surface area is 223 Å². The monoisotopic (exact) mass is 558 g/mol. The first-order valence-corrected chi connectivity index (χ1v) is 14.0. The highest BCUT2D eigenvalue weighted by atomic mass is 79.9. The molecular weight excluding hydrogens is 520 g/mol. The summed E-state index contributed by atoms with van der Waals surface area (Å²) in [6.45, 7) is 5.61. The average Bonchev–Trinajstić information content (AvgIpc) is 2.91. The van der Waals surface area contributed by atoms with Gasteiger partial charge in [-0.25, -0.2) is 0 Å². The van der Waals surface area contributed by atoms with Crippen LogP contribution in [0.5, 0.6) is 23.0 Å². The van der Waals surface area contributed by atoms with Crippen LogP contribution in [0.2, 0.25) is 0 Å². The SMILES string of the molecule is CC[C@H]1CN2CCc3cc(OC)c(OC)cc3[C@@H]2C[C@@H]1C[C@H]1NCCc2c1cc(OC)c(OC)c2Br. The summed E-state index contributed by atoms with van der Waals surface area (Å²) in [7, 11) is 6.88. The van der Waals surface area contributed by atoms with Crippen molar-refractivity contribution in [3.05, 3.63) is 44.9 Å². The highest BCUT2D eigenvalue weighted by Crippen LogP contribution is 2.49. The van der Waals surface area contributed by atoms with Crippen LogP contribution in [0.3, 0.4) is 0 Å². The van der Waals surface area contributed by atoms with Gasteiger partial charge in [0.15, 0.2) is 23.0 Å². The third-order valence-corrected chi connectivity index (χ3v) is 9.57. The number of piperidine rings is 1. The van der Waals surface area contributed by atoms with E-state index in [1.807, 2.05) is 0 Å². The zero-order chi connectivity index (χ0) is 25.4. The fourth-order valence-corrected chi connectivity index (χ4v) is 7.61. The summed E-state index contributed by atoms with van der Waals surface area (Å²) >= 11 is 3.82. The Kier molecular flexibility index (Phi) is 7.70. The molecule has 0 radical (unpaired) electrons. The lowest BCUT2D eigenvalue weighted by atomic mass is 9.72. The predicted molar refractivity (Wildman–Crippen MR) is 146 cm³/mol. The maximum atomic E-state index is 5.70. The second-order valence-electron chi connectivity index (χ2n) is 10.3. The molecule has 7 heteroatoms. The molecule has 1 fully saturated rings. The van der Waals surface area contributed by atoms with Gasteiger partial charge in [-0.3, -0.25) is 4.90 Å². The van der Waals surface area contributed by atoms with Gasteiger partial charge in [0.25, 0.3) is 0 Å². The molecule has 1 saturated heterocycles. The lowest BCUT2D eigenvalue weighted by Crippen LogP contribution is -2.46. The van der Waals surface area contributed by atoms with Crippen molar-refractivity contribution in [1.29, 1.82) is 0 Å². The van der Waals surface area contributed by atoms with E-state index < -0.39 is 0 Å². The van der Waals surface area contributed by atoms with E-state index in [0.29, 0.717) is 23.9 Å². The topological polar surface area (TPSA) is 52.2 Å². The summed E-state index contributed by atoms with van der Waals surface area (Å²) in [5.74, 6) is 4.58. The van der Waals surface area contributed by atoms with E-state index in [-0.39, 0.29) is 0 Å². The Morgan fingerprint density at radius 3 is 2.33 bits per heavy atom. The predicted octanol–water partition coefficient (Wildman–Crippen LogP) is 5.71. The number of benzene rings is 2. The number of rotatable bonds is 7. The second kappa shape index (κ2) is 10.8. The summed E-state index contributed by atoms with van der Waals surface area (Å²) in [5, 5.41) is 3.84.